The van der Waals surface area contributed by atoms with Gasteiger partial charge in [0.1, 0.15) is 5.82 Å². The first-order valence-corrected chi connectivity index (χ1v) is 6.81. The second-order valence-electron chi connectivity index (χ2n) is 4.02. The zero-order valence-corrected chi connectivity index (χ0v) is 11.3. The van der Waals surface area contributed by atoms with E-state index >= 15 is 0 Å². The Bertz CT molecular complexity index is 822. The lowest BCUT2D eigenvalue weighted by molar-refractivity contribution is -0.133. The summed E-state index contributed by atoms with van der Waals surface area (Å²) in [6.45, 7) is 0. The number of thioether (sulfide) groups is 1. The second-order valence-corrected chi connectivity index (χ2v) is 4.97. The minimum absolute atomic E-state index is 0.146. The van der Waals surface area contributed by atoms with Crippen molar-refractivity contribution < 1.29 is 14.3 Å². The molecule has 0 aliphatic rings. The number of fused-ring (bicyclic) bond motifs is 1. The normalized spacial score (nSPS) is 10.9. The molecule has 3 aromatic rings. The first kappa shape index (κ1) is 13.4. The van der Waals surface area contributed by atoms with Crippen LogP contribution in [0.1, 0.15) is 0 Å². The van der Waals surface area contributed by atoms with Crippen molar-refractivity contribution in [3.05, 3.63) is 36.3 Å². The number of aliphatic carboxylic acids is 1. The lowest BCUT2D eigenvalue weighted by Gasteiger charge is -2.02. The van der Waals surface area contributed by atoms with E-state index in [0.29, 0.717) is 22.0 Å². The van der Waals surface area contributed by atoms with Gasteiger partial charge >= 0.3 is 5.97 Å². The summed E-state index contributed by atoms with van der Waals surface area (Å²) in [5.41, 5.74) is 1.31. The molecule has 9 heteroatoms. The summed E-state index contributed by atoms with van der Waals surface area (Å²) >= 11 is 0.989. The Morgan fingerprint density at radius 1 is 1.43 bits per heavy atom. The highest BCUT2D eigenvalue weighted by Crippen LogP contribution is 2.18. The summed E-state index contributed by atoms with van der Waals surface area (Å²) in [5, 5.41) is 16.8. The van der Waals surface area contributed by atoms with Crippen molar-refractivity contribution in [1.82, 2.24) is 25.0 Å². The lowest BCUT2D eigenvalue weighted by Crippen LogP contribution is -2.01. The number of aromatic nitrogens is 5. The molecule has 0 saturated carbocycles. The highest BCUT2D eigenvalue weighted by Gasteiger charge is 2.11. The van der Waals surface area contributed by atoms with Crippen LogP contribution in [0.4, 0.5) is 4.39 Å². The lowest BCUT2D eigenvalue weighted by atomic mass is 10.3. The van der Waals surface area contributed by atoms with Crippen LogP contribution in [0.2, 0.25) is 0 Å². The average Bonchev–Trinajstić information content (AvgIpc) is 2.88. The molecule has 0 aliphatic carbocycles. The maximum atomic E-state index is 13.3. The summed E-state index contributed by atoms with van der Waals surface area (Å²) < 4.78 is 14.7. The SMILES string of the molecule is O=C(O)CSc1ncc2nnn(-c3cccc(F)c3)c2n1. The number of carboxylic acids is 1. The molecule has 1 aromatic carbocycles. The molecule has 0 radical (unpaired) electrons. The highest BCUT2D eigenvalue weighted by molar-refractivity contribution is 7.99. The molecular formula is C12H8FN5O2S. The van der Waals surface area contributed by atoms with E-state index in [0.717, 1.165) is 11.8 Å². The van der Waals surface area contributed by atoms with Gasteiger partial charge in [0.15, 0.2) is 16.3 Å². The molecular weight excluding hydrogens is 297 g/mol. The van der Waals surface area contributed by atoms with Crippen LogP contribution in [0.5, 0.6) is 0 Å². The first-order chi connectivity index (χ1) is 10.1. The molecule has 0 saturated heterocycles. The maximum Gasteiger partial charge on any atom is 0.313 e. The number of nitrogens with zero attached hydrogens (tertiary/aromatic N) is 5. The van der Waals surface area contributed by atoms with Crippen molar-refractivity contribution in [1.29, 1.82) is 0 Å². The van der Waals surface area contributed by atoms with Crippen molar-refractivity contribution in [2.24, 2.45) is 0 Å². The van der Waals surface area contributed by atoms with Crippen LogP contribution in [0, 0.1) is 5.82 Å². The predicted molar refractivity (Wildman–Crippen MR) is 72.8 cm³/mol. The molecule has 106 valence electrons. The Morgan fingerprint density at radius 3 is 3.05 bits per heavy atom. The zero-order chi connectivity index (χ0) is 14.8. The van der Waals surface area contributed by atoms with Gasteiger partial charge < -0.3 is 5.11 Å². The summed E-state index contributed by atoms with van der Waals surface area (Å²) in [7, 11) is 0. The number of benzene rings is 1. The number of rotatable bonds is 4. The molecule has 3 rings (SSSR count). The topological polar surface area (TPSA) is 93.8 Å². The van der Waals surface area contributed by atoms with Gasteiger partial charge in [0.25, 0.3) is 0 Å². The van der Waals surface area contributed by atoms with Crippen molar-refractivity contribution in [3.63, 3.8) is 0 Å². The standard InChI is InChI=1S/C12H8FN5O2S/c13-7-2-1-3-8(4-7)18-11-9(16-17-18)5-14-12(15-11)21-6-10(19)20/h1-5H,6H2,(H,19,20). The maximum absolute atomic E-state index is 13.3. The van der Waals surface area contributed by atoms with Crippen molar-refractivity contribution >= 4 is 28.9 Å². The van der Waals surface area contributed by atoms with Crippen LogP contribution in [0.25, 0.3) is 16.9 Å². The number of carboxylic acid groups (broad SMARTS) is 1. The fraction of sp³-hybridized carbons (Fsp3) is 0.0833. The molecule has 7 nitrogen and oxygen atoms in total. The molecule has 0 spiro atoms. The van der Waals surface area contributed by atoms with E-state index in [1.165, 1.54) is 23.0 Å². The summed E-state index contributed by atoms with van der Waals surface area (Å²) in [5.74, 6) is -1.50. The molecule has 0 aliphatic heterocycles. The van der Waals surface area contributed by atoms with E-state index in [9.17, 15) is 9.18 Å². The van der Waals surface area contributed by atoms with E-state index in [-0.39, 0.29) is 5.75 Å². The van der Waals surface area contributed by atoms with E-state index in [1.807, 2.05) is 0 Å². The third-order valence-electron chi connectivity index (χ3n) is 2.55. The van der Waals surface area contributed by atoms with Gasteiger partial charge in [-0.3, -0.25) is 4.79 Å². The Morgan fingerprint density at radius 2 is 2.29 bits per heavy atom. The largest absolute Gasteiger partial charge is 0.481 e. The van der Waals surface area contributed by atoms with Crippen molar-refractivity contribution in [2.45, 2.75) is 5.16 Å². The first-order valence-electron chi connectivity index (χ1n) is 5.82. The van der Waals surface area contributed by atoms with Gasteiger partial charge in [-0.2, -0.15) is 4.68 Å². The van der Waals surface area contributed by atoms with Crippen LogP contribution in [0.15, 0.2) is 35.6 Å². The molecule has 0 bridgehead atoms. The van der Waals surface area contributed by atoms with Crippen LogP contribution < -0.4 is 0 Å². The molecule has 1 N–H and O–H groups in total. The third kappa shape index (κ3) is 2.82. The van der Waals surface area contributed by atoms with Gasteiger partial charge in [0, 0.05) is 0 Å². The van der Waals surface area contributed by atoms with E-state index in [1.54, 1.807) is 12.1 Å². The summed E-state index contributed by atoms with van der Waals surface area (Å²) in [6, 6.07) is 5.86. The van der Waals surface area contributed by atoms with Crippen LogP contribution >= 0.6 is 11.8 Å². The van der Waals surface area contributed by atoms with Crippen molar-refractivity contribution in [2.75, 3.05) is 5.75 Å². The second kappa shape index (κ2) is 5.44. The van der Waals surface area contributed by atoms with E-state index < -0.39 is 11.8 Å². The fourth-order valence-corrected chi connectivity index (χ4v) is 2.22. The number of hydrogen-bond donors (Lipinski definition) is 1. The van der Waals surface area contributed by atoms with Crippen LogP contribution in [-0.4, -0.2) is 41.8 Å². The zero-order valence-electron chi connectivity index (χ0n) is 10.5. The highest BCUT2D eigenvalue weighted by atomic mass is 32.2. The van der Waals surface area contributed by atoms with Gasteiger partial charge in [-0.15, -0.1) is 5.10 Å². The fourth-order valence-electron chi connectivity index (χ4n) is 1.69. The summed E-state index contributed by atoms with van der Waals surface area (Å²) in [6.07, 6.45) is 1.45. The molecule has 0 amide bonds. The summed E-state index contributed by atoms with van der Waals surface area (Å²) in [4.78, 5) is 18.8. The Kier molecular flexibility index (Phi) is 3.48. The Balaban J connectivity index is 2.03. The van der Waals surface area contributed by atoms with E-state index in [4.69, 9.17) is 5.11 Å². The molecule has 0 unspecified atom stereocenters. The minimum Gasteiger partial charge on any atom is -0.481 e. The number of hydrogen-bond acceptors (Lipinski definition) is 6. The van der Waals surface area contributed by atoms with Gasteiger partial charge in [0.2, 0.25) is 0 Å². The number of carbonyl (C=O) groups is 1. The van der Waals surface area contributed by atoms with Crippen LogP contribution in [0.3, 0.4) is 0 Å². The number of halogens is 1. The molecule has 2 heterocycles. The van der Waals surface area contributed by atoms with Gasteiger partial charge in [-0.1, -0.05) is 23.0 Å². The molecule has 0 fully saturated rings. The van der Waals surface area contributed by atoms with Gasteiger partial charge in [0.05, 0.1) is 17.6 Å². The smallest absolute Gasteiger partial charge is 0.313 e. The molecule has 2 aromatic heterocycles. The van der Waals surface area contributed by atoms with Gasteiger partial charge in [-0.05, 0) is 18.2 Å². The monoisotopic (exact) mass is 305 g/mol. The minimum atomic E-state index is -0.958. The third-order valence-corrected chi connectivity index (χ3v) is 3.39. The van der Waals surface area contributed by atoms with E-state index in [2.05, 4.69) is 20.3 Å². The molecule has 0 atom stereocenters. The average molecular weight is 305 g/mol. The Hall–Kier alpha value is -2.55. The Labute approximate surface area is 121 Å². The quantitative estimate of drug-likeness (QED) is 0.577. The van der Waals surface area contributed by atoms with Gasteiger partial charge in [-0.25, -0.2) is 14.4 Å². The molecule has 21 heavy (non-hydrogen) atoms. The van der Waals surface area contributed by atoms with Crippen LogP contribution in [-0.2, 0) is 4.79 Å². The predicted octanol–water partition coefficient (Wildman–Crippen LogP) is 1.53. The van der Waals surface area contributed by atoms with Crippen molar-refractivity contribution in [3.8, 4) is 5.69 Å².